The van der Waals surface area contributed by atoms with Gasteiger partial charge in [-0.15, -0.1) is 0 Å². The predicted molar refractivity (Wildman–Crippen MR) is 86.3 cm³/mol. The lowest BCUT2D eigenvalue weighted by Gasteiger charge is -2.30. The van der Waals surface area contributed by atoms with Crippen molar-refractivity contribution >= 4 is 6.09 Å². The number of carbonyl (C=O) groups is 1. The molecule has 0 fully saturated rings. The van der Waals surface area contributed by atoms with E-state index in [1.807, 2.05) is 34.6 Å². The molecule has 0 saturated heterocycles. The molecule has 0 radical (unpaired) electrons. The van der Waals surface area contributed by atoms with Crippen LogP contribution in [-0.2, 0) is 9.47 Å². The van der Waals surface area contributed by atoms with Gasteiger partial charge in [-0.2, -0.15) is 0 Å². The Morgan fingerprint density at radius 3 is 2.10 bits per heavy atom. The van der Waals surface area contributed by atoms with Gasteiger partial charge in [0, 0.05) is 13.2 Å². The lowest BCUT2D eigenvalue weighted by atomic mass is 9.89. The normalized spacial score (nSPS) is 13.1. The van der Waals surface area contributed by atoms with Crippen molar-refractivity contribution < 1.29 is 14.3 Å². The summed E-state index contributed by atoms with van der Waals surface area (Å²) in [5, 5.41) is 2.82. The predicted octanol–water partition coefficient (Wildman–Crippen LogP) is 3.07. The van der Waals surface area contributed by atoms with E-state index in [0.29, 0.717) is 19.7 Å². The van der Waals surface area contributed by atoms with Crippen molar-refractivity contribution in [3.63, 3.8) is 0 Å². The number of rotatable bonds is 8. The minimum atomic E-state index is -0.469. The van der Waals surface area contributed by atoms with E-state index in [1.54, 1.807) is 0 Å². The molecular formula is C16H34N2O3. The second-order valence-electron chi connectivity index (χ2n) is 7.92. The highest BCUT2D eigenvalue weighted by Gasteiger charge is 2.23. The van der Waals surface area contributed by atoms with Crippen molar-refractivity contribution in [1.82, 2.24) is 5.32 Å². The van der Waals surface area contributed by atoms with Gasteiger partial charge in [-0.3, -0.25) is 0 Å². The Balaban J connectivity index is 4.07. The minimum Gasteiger partial charge on any atom is -0.444 e. The van der Waals surface area contributed by atoms with Crippen LogP contribution >= 0.6 is 0 Å². The molecule has 0 aromatic rings. The SMILES string of the molecule is CC(C)(CCOC(C)(C)CCN)CNC(=O)OC(C)(C)C. The third kappa shape index (κ3) is 11.5. The quantitative estimate of drug-likeness (QED) is 0.722. The summed E-state index contributed by atoms with van der Waals surface area (Å²) in [6, 6.07) is 0. The van der Waals surface area contributed by atoms with Crippen LogP contribution in [0.2, 0.25) is 0 Å². The lowest BCUT2D eigenvalue weighted by molar-refractivity contribution is -0.0327. The van der Waals surface area contributed by atoms with Gasteiger partial charge in [0.25, 0.3) is 0 Å². The van der Waals surface area contributed by atoms with Gasteiger partial charge >= 0.3 is 6.09 Å². The van der Waals surface area contributed by atoms with E-state index in [0.717, 1.165) is 12.8 Å². The van der Waals surface area contributed by atoms with Crippen LogP contribution in [0.1, 0.15) is 61.3 Å². The first kappa shape index (κ1) is 20.2. The van der Waals surface area contributed by atoms with Crippen LogP contribution in [-0.4, -0.2) is 37.0 Å². The molecule has 0 aromatic carbocycles. The number of amides is 1. The van der Waals surface area contributed by atoms with Crippen molar-refractivity contribution in [3.05, 3.63) is 0 Å². The molecule has 3 N–H and O–H groups in total. The monoisotopic (exact) mass is 302 g/mol. The highest BCUT2D eigenvalue weighted by molar-refractivity contribution is 5.67. The molecule has 0 rings (SSSR count). The second-order valence-corrected chi connectivity index (χ2v) is 7.92. The molecular weight excluding hydrogens is 268 g/mol. The number of hydrogen-bond acceptors (Lipinski definition) is 4. The molecule has 0 unspecified atom stereocenters. The van der Waals surface area contributed by atoms with Crippen molar-refractivity contribution in [2.75, 3.05) is 19.7 Å². The smallest absolute Gasteiger partial charge is 0.407 e. The molecule has 0 bridgehead atoms. The molecule has 0 aliphatic heterocycles. The van der Waals surface area contributed by atoms with E-state index in [2.05, 4.69) is 19.2 Å². The van der Waals surface area contributed by atoms with Crippen molar-refractivity contribution in [2.45, 2.75) is 72.5 Å². The minimum absolute atomic E-state index is 0.0459. The van der Waals surface area contributed by atoms with Crippen molar-refractivity contribution in [3.8, 4) is 0 Å². The van der Waals surface area contributed by atoms with E-state index in [4.69, 9.17) is 15.2 Å². The molecule has 0 aromatic heterocycles. The van der Waals surface area contributed by atoms with Crippen LogP contribution in [0.4, 0.5) is 4.79 Å². The van der Waals surface area contributed by atoms with Crippen molar-refractivity contribution in [2.24, 2.45) is 11.1 Å². The average Bonchev–Trinajstić information content (AvgIpc) is 2.23. The Kier molecular flexibility index (Phi) is 7.68. The topological polar surface area (TPSA) is 73.6 Å². The van der Waals surface area contributed by atoms with Gasteiger partial charge in [0.05, 0.1) is 5.60 Å². The first-order valence-electron chi connectivity index (χ1n) is 7.68. The Morgan fingerprint density at radius 2 is 1.62 bits per heavy atom. The summed E-state index contributed by atoms with van der Waals surface area (Å²) < 4.78 is 11.1. The molecule has 126 valence electrons. The number of alkyl carbamates (subject to hydrolysis) is 1. The number of nitrogens with one attached hydrogen (secondary N) is 1. The number of nitrogens with two attached hydrogens (primary N) is 1. The Morgan fingerprint density at radius 1 is 1.05 bits per heavy atom. The lowest BCUT2D eigenvalue weighted by Crippen LogP contribution is -2.39. The van der Waals surface area contributed by atoms with Crippen molar-refractivity contribution in [1.29, 1.82) is 0 Å². The van der Waals surface area contributed by atoms with E-state index in [-0.39, 0.29) is 17.1 Å². The first-order chi connectivity index (χ1) is 9.37. The zero-order chi connectivity index (χ0) is 16.7. The average molecular weight is 302 g/mol. The molecule has 21 heavy (non-hydrogen) atoms. The van der Waals surface area contributed by atoms with E-state index < -0.39 is 5.60 Å². The van der Waals surface area contributed by atoms with Gasteiger partial charge in [-0.05, 0) is 59.4 Å². The third-order valence-corrected chi connectivity index (χ3v) is 3.13. The largest absolute Gasteiger partial charge is 0.444 e. The molecule has 0 aliphatic carbocycles. The third-order valence-electron chi connectivity index (χ3n) is 3.13. The molecule has 0 saturated carbocycles. The van der Waals surface area contributed by atoms with E-state index in [1.165, 1.54) is 0 Å². The Labute approximate surface area is 129 Å². The number of ether oxygens (including phenoxy) is 2. The summed E-state index contributed by atoms with van der Waals surface area (Å²) in [6.07, 6.45) is 1.32. The summed E-state index contributed by atoms with van der Waals surface area (Å²) >= 11 is 0. The number of carbonyl (C=O) groups excluding carboxylic acids is 1. The molecule has 0 heterocycles. The summed E-state index contributed by atoms with van der Waals surface area (Å²) in [5.74, 6) is 0. The maximum atomic E-state index is 11.6. The van der Waals surface area contributed by atoms with Gasteiger partial charge in [-0.1, -0.05) is 13.8 Å². The molecule has 0 spiro atoms. The zero-order valence-corrected chi connectivity index (χ0v) is 14.8. The van der Waals surface area contributed by atoms with Crippen LogP contribution in [0.25, 0.3) is 0 Å². The molecule has 5 nitrogen and oxygen atoms in total. The maximum absolute atomic E-state index is 11.6. The van der Waals surface area contributed by atoms with Crippen LogP contribution in [0.5, 0.6) is 0 Å². The first-order valence-corrected chi connectivity index (χ1v) is 7.68. The van der Waals surface area contributed by atoms with Gasteiger partial charge in [0.2, 0.25) is 0 Å². The van der Waals surface area contributed by atoms with Crippen LogP contribution in [0.15, 0.2) is 0 Å². The summed E-state index contributed by atoms with van der Waals surface area (Å²) in [4.78, 5) is 11.6. The highest BCUT2D eigenvalue weighted by atomic mass is 16.6. The fourth-order valence-electron chi connectivity index (χ4n) is 1.74. The fourth-order valence-corrected chi connectivity index (χ4v) is 1.74. The summed E-state index contributed by atoms with van der Waals surface area (Å²) in [7, 11) is 0. The van der Waals surface area contributed by atoms with Crippen LogP contribution < -0.4 is 11.1 Å². The van der Waals surface area contributed by atoms with E-state index >= 15 is 0 Å². The molecule has 0 atom stereocenters. The molecule has 1 amide bonds. The van der Waals surface area contributed by atoms with E-state index in [9.17, 15) is 4.79 Å². The van der Waals surface area contributed by atoms with Gasteiger partial charge in [0.15, 0.2) is 0 Å². The Bertz CT molecular complexity index is 320. The summed E-state index contributed by atoms with van der Waals surface area (Å²) in [6.45, 7) is 15.7. The van der Waals surface area contributed by atoms with Crippen LogP contribution in [0.3, 0.4) is 0 Å². The van der Waals surface area contributed by atoms with Gasteiger partial charge < -0.3 is 20.5 Å². The standard InChI is InChI=1S/C16H34N2O3/c1-14(2,3)21-13(19)18-12-15(4,5)9-11-20-16(6,7)8-10-17/h8-12,17H2,1-7H3,(H,18,19). The second kappa shape index (κ2) is 7.99. The maximum Gasteiger partial charge on any atom is 0.407 e. The Hall–Kier alpha value is -0.810. The molecule has 5 heteroatoms. The highest BCUT2D eigenvalue weighted by Crippen LogP contribution is 2.22. The fraction of sp³-hybridized carbons (Fsp3) is 0.938. The number of hydrogen-bond donors (Lipinski definition) is 2. The van der Waals surface area contributed by atoms with Crippen LogP contribution in [0, 0.1) is 5.41 Å². The van der Waals surface area contributed by atoms with Gasteiger partial charge in [-0.25, -0.2) is 4.79 Å². The van der Waals surface area contributed by atoms with Gasteiger partial charge in [0.1, 0.15) is 5.60 Å². The zero-order valence-electron chi connectivity index (χ0n) is 14.8. The summed E-state index contributed by atoms with van der Waals surface area (Å²) in [5.41, 5.74) is 4.86. The molecule has 0 aliphatic rings.